The Morgan fingerprint density at radius 1 is 1.10 bits per heavy atom. The maximum atomic E-state index is 12.3. The van der Waals surface area contributed by atoms with Gasteiger partial charge in [-0.2, -0.15) is 0 Å². The molecule has 3 rings (SSSR count). The number of likely N-dealkylation sites (N-methyl/N-ethyl adjacent to an activating group) is 1. The largest absolute Gasteiger partial charge is 0.490 e. The topological polar surface area (TPSA) is 48.0 Å². The lowest BCUT2D eigenvalue weighted by atomic mass is 10.1. The van der Waals surface area contributed by atoms with Crippen molar-refractivity contribution in [1.29, 1.82) is 0 Å². The van der Waals surface area contributed by atoms with Gasteiger partial charge in [0.2, 0.25) is 0 Å². The molecule has 0 N–H and O–H groups in total. The van der Waals surface area contributed by atoms with Crippen LogP contribution in [0.15, 0.2) is 39.7 Å². The number of amides is 1. The van der Waals surface area contributed by atoms with E-state index in [0.29, 0.717) is 40.5 Å². The molecule has 164 valence electrons. The van der Waals surface area contributed by atoms with Crippen molar-refractivity contribution >= 4 is 56.2 Å². The number of hydrogen-bond acceptors (Lipinski definition) is 6. The molecule has 0 unspecified atom stereocenters. The molecular formula is C23H24BrNO4S2. The highest BCUT2D eigenvalue weighted by Gasteiger charge is 2.28. The van der Waals surface area contributed by atoms with Gasteiger partial charge >= 0.3 is 0 Å². The molecule has 1 fully saturated rings. The molecule has 8 heteroatoms. The molecule has 0 bridgehead atoms. The molecule has 1 aliphatic rings. The molecule has 0 saturated carbocycles. The van der Waals surface area contributed by atoms with Crippen LogP contribution in [0.1, 0.15) is 23.6 Å². The van der Waals surface area contributed by atoms with Gasteiger partial charge in [-0.3, -0.25) is 9.69 Å². The maximum absolute atomic E-state index is 12.3. The van der Waals surface area contributed by atoms with E-state index >= 15 is 0 Å². The van der Waals surface area contributed by atoms with E-state index in [1.165, 1.54) is 16.7 Å². The molecule has 2 aromatic rings. The SMILES string of the molecule is CCOc1cc(/C=C2\SC(=S)N(C)C2=O)cc(Br)c1OCCOc1cc(C)ccc1C. The molecule has 0 atom stereocenters. The van der Waals surface area contributed by atoms with Crippen LogP contribution < -0.4 is 14.2 Å². The number of thiocarbonyl (C=S) groups is 1. The van der Waals surface area contributed by atoms with Crippen LogP contribution in [0.4, 0.5) is 0 Å². The van der Waals surface area contributed by atoms with Crippen LogP contribution in [0.25, 0.3) is 6.08 Å². The molecule has 0 aliphatic carbocycles. The number of rotatable bonds is 8. The number of thioether (sulfide) groups is 1. The Labute approximate surface area is 200 Å². The van der Waals surface area contributed by atoms with Gasteiger partial charge in [0, 0.05) is 7.05 Å². The molecule has 1 amide bonds. The van der Waals surface area contributed by atoms with E-state index < -0.39 is 0 Å². The normalized spacial score (nSPS) is 15.0. The molecule has 0 radical (unpaired) electrons. The average Bonchev–Trinajstić information content (AvgIpc) is 2.96. The second kappa shape index (κ2) is 10.5. The summed E-state index contributed by atoms with van der Waals surface area (Å²) in [6, 6.07) is 9.87. The first-order valence-corrected chi connectivity index (χ1v) is 11.8. The van der Waals surface area contributed by atoms with E-state index in [-0.39, 0.29) is 5.91 Å². The lowest BCUT2D eigenvalue weighted by molar-refractivity contribution is -0.121. The van der Waals surface area contributed by atoms with Gasteiger partial charge in [0.1, 0.15) is 23.3 Å². The van der Waals surface area contributed by atoms with Gasteiger partial charge in [-0.1, -0.05) is 36.1 Å². The summed E-state index contributed by atoms with van der Waals surface area (Å²) in [7, 11) is 1.68. The Morgan fingerprint density at radius 3 is 2.52 bits per heavy atom. The summed E-state index contributed by atoms with van der Waals surface area (Å²) in [5.41, 5.74) is 3.06. The summed E-state index contributed by atoms with van der Waals surface area (Å²) < 4.78 is 18.9. The molecule has 1 aliphatic heterocycles. The van der Waals surface area contributed by atoms with Crippen molar-refractivity contribution in [3.8, 4) is 17.2 Å². The van der Waals surface area contributed by atoms with Crippen LogP contribution in [-0.2, 0) is 4.79 Å². The number of halogens is 1. The highest BCUT2D eigenvalue weighted by molar-refractivity contribution is 9.10. The standard InChI is InChI=1S/C23H24BrNO4S2/c1-5-27-19-12-16(13-20-22(26)25(4)23(30)31-20)11-17(24)21(19)29-9-8-28-18-10-14(2)6-7-15(18)3/h6-7,10-13H,5,8-9H2,1-4H3/b20-13-. The molecule has 2 aromatic carbocycles. The van der Waals surface area contributed by atoms with E-state index in [1.54, 1.807) is 7.05 Å². The summed E-state index contributed by atoms with van der Waals surface area (Å²) in [6.07, 6.45) is 1.81. The van der Waals surface area contributed by atoms with Crippen molar-refractivity contribution in [3.63, 3.8) is 0 Å². The lowest BCUT2D eigenvalue weighted by Crippen LogP contribution is -2.22. The van der Waals surface area contributed by atoms with Gasteiger partial charge in [0.15, 0.2) is 11.5 Å². The average molecular weight is 522 g/mol. The molecule has 0 aromatic heterocycles. The third kappa shape index (κ3) is 5.81. The second-order valence-corrected chi connectivity index (χ2v) is 9.50. The van der Waals surface area contributed by atoms with Crippen molar-refractivity contribution in [2.75, 3.05) is 26.9 Å². The Balaban J connectivity index is 1.72. The number of carbonyl (C=O) groups excluding carboxylic acids is 1. The van der Waals surface area contributed by atoms with Crippen LogP contribution in [0.2, 0.25) is 0 Å². The number of aryl methyl sites for hydroxylation is 2. The molecular weight excluding hydrogens is 498 g/mol. The molecule has 1 heterocycles. The van der Waals surface area contributed by atoms with Gasteiger partial charge in [-0.05, 0) is 77.7 Å². The monoisotopic (exact) mass is 521 g/mol. The fraction of sp³-hybridized carbons (Fsp3) is 0.304. The smallest absolute Gasteiger partial charge is 0.265 e. The van der Waals surface area contributed by atoms with Crippen molar-refractivity contribution in [2.45, 2.75) is 20.8 Å². The van der Waals surface area contributed by atoms with Crippen LogP contribution in [0.5, 0.6) is 17.2 Å². The maximum Gasteiger partial charge on any atom is 0.265 e. The van der Waals surface area contributed by atoms with Crippen molar-refractivity contribution in [1.82, 2.24) is 4.90 Å². The van der Waals surface area contributed by atoms with Crippen LogP contribution in [0.3, 0.4) is 0 Å². The number of carbonyl (C=O) groups is 1. The molecule has 1 saturated heterocycles. The number of hydrogen-bond donors (Lipinski definition) is 0. The highest BCUT2D eigenvalue weighted by Crippen LogP contribution is 2.39. The number of benzene rings is 2. The van der Waals surface area contributed by atoms with E-state index in [4.69, 9.17) is 26.4 Å². The Kier molecular flexibility index (Phi) is 8.02. The summed E-state index contributed by atoms with van der Waals surface area (Å²) in [5, 5.41) is 0. The fourth-order valence-electron chi connectivity index (χ4n) is 2.93. The summed E-state index contributed by atoms with van der Waals surface area (Å²) in [6.45, 7) is 7.22. The minimum absolute atomic E-state index is 0.104. The van der Waals surface area contributed by atoms with Crippen LogP contribution >= 0.6 is 39.9 Å². The summed E-state index contributed by atoms with van der Waals surface area (Å²) in [4.78, 5) is 14.3. The van der Waals surface area contributed by atoms with Crippen molar-refractivity contribution < 1.29 is 19.0 Å². The fourth-order valence-corrected chi connectivity index (χ4v) is 4.68. The Hall–Kier alpha value is -2.03. The van der Waals surface area contributed by atoms with Crippen molar-refractivity contribution in [3.05, 3.63) is 56.4 Å². The Bertz CT molecular complexity index is 1040. The molecule has 0 spiro atoms. The Morgan fingerprint density at radius 2 is 1.84 bits per heavy atom. The van der Waals surface area contributed by atoms with Gasteiger partial charge in [-0.15, -0.1) is 0 Å². The first kappa shape index (κ1) is 23.6. The zero-order valence-corrected chi connectivity index (χ0v) is 21.1. The minimum Gasteiger partial charge on any atom is -0.490 e. The number of nitrogens with zero attached hydrogens (tertiary/aromatic N) is 1. The molecule has 5 nitrogen and oxygen atoms in total. The summed E-state index contributed by atoms with van der Waals surface area (Å²) >= 11 is 10.1. The van der Waals surface area contributed by atoms with E-state index in [2.05, 4.69) is 22.0 Å². The van der Waals surface area contributed by atoms with E-state index in [9.17, 15) is 4.79 Å². The van der Waals surface area contributed by atoms with Gasteiger partial charge < -0.3 is 14.2 Å². The number of ether oxygens (including phenoxy) is 3. The predicted molar refractivity (Wildman–Crippen MR) is 133 cm³/mol. The first-order valence-electron chi connectivity index (χ1n) is 9.81. The van der Waals surface area contributed by atoms with Crippen LogP contribution in [0, 0.1) is 13.8 Å². The second-order valence-electron chi connectivity index (χ2n) is 6.97. The van der Waals surface area contributed by atoms with E-state index in [0.717, 1.165) is 26.9 Å². The van der Waals surface area contributed by atoms with Crippen molar-refractivity contribution in [2.24, 2.45) is 0 Å². The summed E-state index contributed by atoms with van der Waals surface area (Å²) in [5.74, 6) is 1.96. The van der Waals surface area contributed by atoms with Gasteiger partial charge in [0.05, 0.1) is 16.0 Å². The lowest BCUT2D eigenvalue weighted by Gasteiger charge is -2.16. The van der Waals surface area contributed by atoms with E-state index in [1.807, 2.05) is 51.1 Å². The predicted octanol–water partition coefficient (Wildman–Crippen LogP) is 5.75. The quantitative estimate of drug-likeness (QED) is 0.250. The zero-order chi connectivity index (χ0) is 22.5. The third-order valence-corrected chi connectivity index (χ3v) is 6.62. The minimum atomic E-state index is -0.104. The van der Waals surface area contributed by atoms with Gasteiger partial charge in [-0.25, -0.2) is 0 Å². The van der Waals surface area contributed by atoms with Gasteiger partial charge in [0.25, 0.3) is 5.91 Å². The van der Waals surface area contributed by atoms with Crippen LogP contribution in [-0.4, -0.2) is 42.0 Å². The zero-order valence-electron chi connectivity index (χ0n) is 17.9. The highest BCUT2D eigenvalue weighted by atomic mass is 79.9. The molecule has 31 heavy (non-hydrogen) atoms. The third-order valence-electron chi connectivity index (χ3n) is 4.55. The first-order chi connectivity index (χ1) is 14.8.